The summed E-state index contributed by atoms with van der Waals surface area (Å²) >= 11 is 0. The molecule has 0 radical (unpaired) electrons. The van der Waals surface area contributed by atoms with Gasteiger partial charge in [0.1, 0.15) is 16.4 Å². The molecule has 1 amide bonds. The highest BCUT2D eigenvalue weighted by molar-refractivity contribution is 7.89. The number of hydrogen-bond donors (Lipinski definition) is 1. The minimum Gasteiger partial charge on any atom is -0.457 e. The highest BCUT2D eigenvalue weighted by Gasteiger charge is 2.37. The summed E-state index contributed by atoms with van der Waals surface area (Å²) in [6.45, 7) is 4.82. The third kappa shape index (κ3) is 3.71. The van der Waals surface area contributed by atoms with Crippen LogP contribution in [0.15, 0.2) is 53.4 Å². The summed E-state index contributed by atoms with van der Waals surface area (Å²) in [6, 6.07) is 15.2. The van der Waals surface area contributed by atoms with Crippen LogP contribution < -0.4 is 4.74 Å². The summed E-state index contributed by atoms with van der Waals surface area (Å²) in [7, 11) is -3.69. The first-order valence-electron chi connectivity index (χ1n) is 11.0. The second-order valence-corrected chi connectivity index (χ2v) is 10.3. The number of rotatable bonds is 3. The van der Waals surface area contributed by atoms with E-state index in [1.165, 1.54) is 4.31 Å². The van der Waals surface area contributed by atoms with E-state index in [4.69, 9.17) is 4.74 Å². The molecule has 0 atom stereocenters. The Hall–Kier alpha value is -3.17. The quantitative estimate of drug-likeness (QED) is 0.640. The normalized spacial score (nSPS) is 17.1. The molecule has 33 heavy (non-hydrogen) atoms. The van der Waals surface area contributed by atoms with Gasteiger partial charge >= 0.3 is 0 Å². The number of amides is 1. The Bertz CT molecular complexity index is 1250. The first-order chi connectivity index (χ1) is 15.9. The van der Waals surface area contributed by atoms with Gasteiger partial charge in [0.15, 0.2) is 0 Å². The van der Waals surface area contributed by atoms with Crippen molar-refractivity contribution in [2.24, 2.45) is 0 Å². The van der Waals surface area contributed by atoms with Crippen molar-refractivity contribution in [1.82, 2.24) is 19.4 Å². The average molecular weight is 467 g/mol. The molecule has 0 unspecified atom stereocenters. The number of sulfonamides is 1. The van der Waals surface area contributed by atoms with Crippen LogP contribution >= 0.6 is 0 Å². The predicted octanol–water partition coefficient (Wildman–Crippen LogP) is 3.19. The molecule has 5 rings (SSSR count). The Morgan fingerprint density at radius 2 is 1.61 bits per heavy atom. The molecular formula is C24H26N4O4S. The van der Waals surface area contributed by atoms with Crippen LogP contribution in [0.3, 0.4) is 0 Å². The van der Waals surface area contributed by atoms with Gasteiger partial charge in [0.25, 0.3) is 0 Å². The standard InChI is InChI=1S/C24H26N4O4S/c1-16-23(17(2)26-25-16)33(30,31)28-13-7-12-27(14-15-28)24(29)22-18-8-3-5-10-20(18)32-21-11-6-4-9-19(21)22/h3-6,8-11,22H,7,12-15H2,1-2H3,(H,25,26). The molecule has 3 aromatic rings. The van der Waals surface area contributed by atoms with Crippen molar-refractivity contribution in [1.29, 1.82) is 0 Å². The Kier molecular flexibility index (Phi) is 5.46. The van der Waals surface area contributed by atoms with E-state index >= 15 is 0 Å². The zero-order valence-corrected chi connectivity index (χ0v) is 19.4. The average Bonchev–Trinajstić information content (AvgIpc) is 3.00. The Morgan fingerprint density at radius 1 is 0.970 bits per heavy atom. The molecule has 0 aliphatic carbocycles. The van der Waals surface area contributed by atoms with Crippen LogP contribution in [0, 0.1) is 13.8 Å². The fourth-order valence-corrected chi connectivity index (χ4v) is 6.56. The van der Waals surface area contributed by atoms with E-state index in [2.05, 4.69) is 10.2 Å². The summed E-state index contributed by atoms with van der Waals surface area (Å²) in [4.78, 5) is 15.8. The molecular weight excluding hydrogens is 440 g/mol. The lowest BCUT2D eigenvalue weighted by Gasteiger charge is -2.31. The number of carbonyl (C=O) groups excluding carboxylic acids is 1. The van der Waals surface area contributed by atoms with Crippen LogP contribution in [0.4, 0.5) is 0 Å². The molecule has 1 fully saturated rings. The van der Waals surface area contributed by atoms with Crippen LogP contribution in [0.2, 0.25) is 0 Å². The zero-order valence-electron chi connectivity index (χ0n) is 18.6. The summed E-state index contributed by atoms with van der Waals surface area (Å²) in [5.41, 5.74) is 2.65. The van der Waals surface area contributed by atoms with Gasteiger partial charge in [0.2, 0.25) is 15.9 Å². The molecule has 172 valence electrons. The number of hydrogen-bond acceptors (Lipinski definition) is 5. The highest BCUT2D eigenvalue weighted by Crippen LogP contribution is 2.44. The molecule has 9 heteroatoms. The van der Waals surface area contributed by atoms with Gasteiger partial charge in [-0.15, -0.1) is 0 Å². The van der Waals surface area contributed by atoms with E-state index in [-0.39, 0.29) is 17.3 Å². The minimum absolute atomic E-state index is 0.0341. The van der Waals surface area contributed by atoms with Gasteiger partial charge in [-0.2, -0.15) is 9.40 Å². The number of fused-ring (bicyclic) bond motifs is 2. The summed E-state index contributed by atoms with van der Waals surface area (Å²) in [5.74, 6) is 0.847. The van der Waals surface area contributed by atoms with E-state index in [1.54, 1.807) is 18.7 Å². The van der Waals surface area contributed by atoms with E-state index < -0.39 is 15.9 Å². The Labute approximate surface area is 193 Å². The maximum absolute atomic E-state index is 13.8. The molecule has 2 aromatic carbocycles. The SMILES string of the molecule is Cc1n[nH]c(C)c1S(=O)(=O)N1CCCN(C(=O)C2c3ccccc3Oc3ccccc32)CC1. The number of para-hydroxylation sites is 2. The third-order valence-electron chi connectivity index (χ3n) is 6.35. The minimum atomic E-state index is -3.69. The molecule has 3 heterocycles. The van der Waals surface area contributed by atoms with Crippen molar-refractivity contribution in [2.45, 2.75) is 31.1 Å². The van der Waals surface area contributed by atoms with Crippen LogP contribution in [0.25, 0.3) is 0 Å². The fourth-order valence-electron chi connectivity index (χ4n) is 4.76. The number of nitrogens with zero attached hydrogens (tertiary/aromatic N) is 3. The van der Waals surface area contributed by atoms with Gasteiger partial charge in [0, 0.05) is 37.3 Å². The van der Waals surface area contributed by atoms with Crippen molar-refractivity contribution in [3.8, 4) is 11.5 Å². The molecule has 2 aliphatic heterocycles. The number of H-pyrrole nitrogens is 1. The maximum Gasteiger partial charge on any atom is 0.246 e. The van der Waals surface area contributed by atoms with Gasteiger partial charge in [-0.25, -0.2) is 8.42 Å². The number of nitrogens with one attached hydrogen (secondary N) is 1. The lowest BCUT2D eigenvalue weighted by Crippen LogP contribution is -2.40. The van der Waals surface area contributed by atoms with Crippen LogP contribution in [0.1, 0.15) is 34.9 Å². The second kappa shape index (κ2) is 8.31. The smallest absolute Gasteiger partial charge is 0.246 e. The van der Waals surface area contributed by atoms with E-state index in [1.807, 2.05) is 48.5 Å². The van der Waals surface area contributed by atoms with Gasteiger partial charge < -0.3 is 9.64 Å². The fraction of sp³-hybridized carbons (Fsp3) is 0.333. The topological polar surface area (TPSA) is 95.6 Å². The lowest BCUT2D eigenvalue weighted by molar-refractivity contribution is -0.131. The summed E-state index contributed by atoms with van der Waals surface area (Å²) < 4.78 is 34.1. The number of ether oxygens (including phenoxy) is 1. The maximum atomic E-state index is 13.8. The Balaban J connectivity index is 1.42. The molecule has 0 saturated carbocycles. The van der Waals surface area contributed by atoms with E-state index in [0.717, 1.165) is 11.1 Å². The van der Waals surface area contributed by atoms with Gasteiger partial charge in [0.05, 0.1) is 17.3 Å². The highest BCUT2D eigenvalue weighted by atomic mass is 32.2. The molecule has 0 bridgehead atoms. The van der Waals surface area contributed by atoms with E-state index in [9.17, 15) is 13.2 Å². The second-order valence-electron chi connectivity index (χ2n) is 8.46. The van der Waals surface area contributed by atoms with Crippen LogP contribution in [0.5, 0.6) is 11.5 Å². The van der Waals surface area contributed by atoms with Crippen molar-refractivity contribution in [2.75, 3.05) is 26.2 Å². The summed E-state index contributed by atoms with van der Waals surface area (Å²) in [6.07, 6.45) is 0.563. The van der Waals surface area contributed by atoms with Crippen molar-refractivity contribution in [3.05, 3.63) is 71.0 Å². The number of aromatic nitrogens is 2. The number of carbonyl (C=O) groups is 1. The van der Waals surface area contributed by atoms with Gasteiger partial charge in [-0.1, -0.05) is 36.4 Å². The van der Waals surface area contributed by atoms with E-state index in [0.29, 0.717) is 48.9 Å². The molecule has 1 N–H and O–H groups in total. The molecule has 0 spiro atoms. The van der Waals surface area contributed by atoms with Gasteiger partial charge in [-0.05, 0) is 32.4 Å². The van der Waals surface area contributed by atoms with Gasteiger partial charge in [-0.3, -0.25) is 9.89 Å². The first-order valence-corrected chi connectivity index (χ1v) is 12.5. The number of aromatic amines is 1. The first kappa shape index (κ1) is 21.7. The van der Waals surface area contributed by atoms with Crippen molar-refractivity contribution < 1.29 is 17.9 Å². The Morgan fingerprint density at radius 3 is 2.21 bits per heavy atom. The molecule has 8 nitrogen and oxygen atoms in total. The van der Waals surface area contributed by atoms with Crippen LogP contribution in [-0.4, -0.2) is 59.9 Å². The zero-order chi connectivity index (χ0) is 23.2. The monoisotopic (exact) mass is 466 g/mol. The van der Waals surface area contributed by atoms with Crippen molar-refractivity contribution in [3.63, 3.8) is 0 Å². The molecule has 1 saturated heterocycles. The molecule has 1 aromatic heterocycles. The largest absolute Gasteiger partial charge is 0.457 e. The van der Waals surface area contributed by atoms with Crippen molar-refractivity contribution >= 4 is 15.9 Å². The van der Waals surface area contributed by atoms with Crippen LogP contribution in [-0.2, 0) is 14.8 Å². The third-order valence-corrected chi connectivity index (χ3v) is 8.51. The summed E-state index contributed by atoms with van der Waals surface area (Å²) in [5, 5.41) is 6.79. The number of benzene rings is 2. The number of aryl methyl sites for hydroxylation is 2. The molecule has 2 aliphatic rings. The predicted molar refractivity (Wildman–Crippen MR) is 123 cm³/mol. The lowest BCUT2D eigenvalue weighted by atomic mass is 9.87.